The second-order valence-electron chi connectivity index (χ2n) is 10.8. The number of halogens is 1. The van der Waals surface area contributed by atoms with E-state index in [0.29, 0.717) is 32.2 Å². The third kappa shape index (κ3) is 6.27. The zero-order chi connectivity index (χ0) is 25.7. The maximum Gasteiger partial charge on any atom is 0.259 e. The first kappa shape index (κ1) is 26.6. The summed E-state index contributed by atoms with van der Waals surface area (Å²) in [6.45, 7) is 6.96. The second-order valence-corrected chi connectivity index (χ2v) is 10.8. The van der Waals surface area contributed by atoms with Gasteiger partial charge in [0.15, 0.2) is 0 Å². The Morgan fingerprint density at radius 1 is 1.31 bits per heavy atom. The van der Waals surface area contributed by atoms with Crippen molar-refractivity contribution < 1.29 is 18.7 Å². The first-order valence-electron chi connectivity index (χ1n) is 13.4. The Morgan fingerprint density at radius 2 is 2.08 bits per heavy atom. The Morgan fingerprint density at radius 3 is 2.81 bits per heavy atom. The minimum Gasteiger partial charge on any atom is -0.385 e. The van der Waals surface area contributed by atoms with Crippen LogP contribution in [-0.2, 0) is 27.4 Å². The number of rotatable bonds is 12. The van der Waals surface area contributed by atoms with Crippen LogP contribution in [0.2, 0.25) is 0 Å². The van der Waals surface area contributed by atoms with Gasteiger partial charge in [0.1, 0.15) is 0 Å². The highest BCUT2D eigenvalue weighted by molar-refractivity contribution is 5.88. The minimum atomic E-state index is -2.07. The van der Waals surface area contributed by atoms with Gasteiger partial charge in [0, 0.05) is 76.0 Å². The molecular weight excluding hydrogens is 459 g/mol. The molecule has 2 amide bonds. The molecule has 198 valence electrons. The van der Waals surface area contributed by atoms with Crippen LogP contribution >= 0.6 is 0 Å². The molecule has 1 aromatic heterocycles. The first-order valence-corrected chi connectivity index (χ1v) is 13.4. The number of hydrogen-bond donors (Lipinski definition) is 2. The fourth-order valence-electron chi connectivity index (χ4n) is 5.16. The van der Waals surface area contributed by atoms with E-state index in [1.165, 1.54) is 0 Å². The largest absolute Gasteiger partial charge is 0.385 e. The third-order valence-electron chi connectivity index (χ3n) is 7.36. The lowest BCUT2D eigenvalue weighted by Crippen LogP contribution is -2.58. The first-order chi connectivity index (χ1) is 17.3. The van der Waals surface area contributed by atoms with Crippen LogP contribution in [0.15, 0.2) is 30.5 Å². The monoisotopic (exact) mass is 500 g/mol. The van der Waals surface area contributed by atoms with Crippen molar-refractivity contribution in [1.29, 1.82) is 0 Å². The van der Waals surface area contributed by atoms with Crippen molar-refractivity contribution in [3.8, 4) is 0 Å². The molecule has 8 heteroatoms. The molecule has 0 radical (unpaired) electrons. The molecule has 7 nitrogen and oxygen atoms in total. The number of alkyl halides is 1. The van der Waals surface area contributed by atoms with Crippen molar-refractivity contribution in [2.24, 2.45) is 11.8 Å². The van der Waals surface area contributed by atoms with Gasteiger partial charge in [-0.2, -0.15) is 0 Å². The Labute approximate surface area is 213 Å². The Bertz CT molecular complexity index is 1050. The molecule has 2 N–H and O–H groups in total. The van der Waals surface area contributed by atoms with Gasteiger partial charge in [0.25, 0.3) is 5.91 Å². The molecule has 2 aromatic rings. The van der Waals surface area contributed by atoms with E-state index >= 15 is 4.39 Å². The molecule has 4 rings (SSSR count). The van der Waals surface area contributed by atoms with Crippen molar-refractivity contribution >= 4 is 22.7 Å². The predicted octanol–water partition coefficient (Wildman–Crippen LogP) is 3.65. The Hall–Kier alpha value is -2.45. The number of carbonyl (C=O) groups excluding carboxylic acids is 2. The van der Waals surface area contributed by atoms with Crippen molar-refractivity contribution in [2.75, 3.05) is 33.4 Å². The number of fused-ring (bicyclic) bond motifs is 1. The molecular formula is C28H41FN4O3. The number of nitrogens with one attached hydrogen (secondary N) is 2. The molecule has 0 bridgehead atoms. The third-order valence-corrected chi connectivity index (χ3v) is 7.36. The fraction of sp³-hybridized carbons (Fsp3) is 0.643. The van der Waals surface area contributed by atoms with Crippen LogP contribution in [0.4, 0.5) is 4.39 Å². The van der Waals surface area contributed by atoms with Gasteiger partial charge >= 0.3 is 0 Å². The van der Waals surface area contributed by atoms with E-state index in [0.717, 1.165) is 48.7 Å². The summed E-state index contributed by atoms with van der Waals surface area (Å²) in [4.78, 5) is 28.3. The normalized spacial score (nSPS) is 22.2. The van der Waals surface area contributed by atoms with Gasteiger partial charge < -0.3 is 24.8 Å². The van der Waals surface area contributed by atoms with E-state index < -0.39 is 17.5 Å². The van der Waals surface area contributed by atoms with Crippen LogP contribution < -0.4 is 10.6 Å². The minimum absolute atomic E-state index is 0.0529. The maximum absolute atomic E-state index is 15.7. The SMILES string of the molecule is COCCCn1cc(CN(C(=O)[C@H]2CNC[C@](F)(C(=O)NCCC(C)C)C2)C2CC2)c2ccccc21. The molecule has 36 heavy (non-hydrogen) atoms. The number of ether oxygens (including phenoxy) is 1. The van der Waals surface area contributed by atoms with E-state index in [4.69, 9.17) is 4.74 Å². The van der Waals surface area contributed by atoms with Gasteiger partial charge in [0.2, 0.25) is 11.6 Å². The second kappa shape index (κ2) is 11.7. The molecule has 0 unspecified atom stereocenters. The highest BCUT2D eigenvalue weighted by Gasteiger charge is 2.47. The van der Waals surface area contributed by atoms with Gasteiger partial charge in [-0.15, -0.1) is 0 Å². The molecule has 0 spiro atoms. The predicted molar refractivity (Wildman–Crippen MR) is 139 cm³/mol. The zero-order valence-electron chi connectivity index (χ0n) is 21.9. The van der Waals surface area contributed by atoms with Crippen molar-refractivity contribution in [2.45, 2.75) is 70.8 Å². The molecule has 2 fully saturated rings. The maximum atomic E-state index is 15.7. The summed E-state index contributed by atoms with van der Waals surface area (Å²) in [6.07, 6.45) is 5.71. The number of hydrogen-bond acceptors (Lipinski definition) is 4. The summed E-state index contributed by atoms with van der Waals surface area (Å²) in [5.41, 5.74) is 0.180. The highest BCUT2D eigenvalue weighted by Crippen LogP contribution is 2.34. The van der Waals surface area contributed by atoms with Crippen molar-refractivity contribution in [1.82, 2.24) is 20.1 Å². The number of aryl methyl sites for hydroxylation is 1. The van der Waals surface area contributed by atoms with Gasteiger partial charge in [-0.25, -0.2) is 4.39 Å². The number of aromatic nitrogens is 1. The summed E-state index contributed by atoms with van der Waals surface area (Å²) in [5.74, 6) is -0.795. The van der Waals surface area contributed by atoms with Crippen LogP contribution in [0.25, 0.3) is 10.9 Å². The summed E-state index contributed by atoms with van der Waals surface area (Å²) in [7, 11) is 1.71. The number of piperidine rings is 1. The van der Waals surface area contributed by atoms with Crippen LogP contribution in [0.1, 0.15) is 51.5 Å². The van der Waals surface area contributed by atoms with E-state index in [2.05, 4.69) is 47.4 Å². The molecule has 2 heterocycles. The smallest absolute Gasteiger partial charge is 0.259 e. The number of amides is 2. The van der Waals surface area contributed by atoms with E-state index in [1.807, 2.05) is 17.0 Å². The zero-order valence-corrected chi connectivity index (χ0v) is 21.9. The number of nitrogens with zero attached hydrogens (tertiary/aromatic N) is 2. The van der Waals surface area contributed by atoms with Crippen LogP contribution in [0, 0.1) is 11.8 Å². The van der Waals surface area contributed by atoms with Crippen LogP contribution in [-0.4, -0.2) is 66.3 Å². The molecule has 1 saturated carbocycles. The molecule has 1 aliphatic carbocycles. The fourth-order valence-corrected chi connectivity index (χ4v) is 5.16. The van der Waals surface area contributed by atoms with Gasteiger partial charge in [0.05, 0.1) is 5.92 Å². The van der Waals surface area contributed by atoms with Crippen LogP contribution in [0.3, 0.4) is 0 Å². The average molecular weight is 501 g/mol. The van der Waals surface area contributed by atoms with Crippen molar-refractivity contribution in [3.05, 3.63) is 36.0 Å². The number of methoxy groups -OCH3 is 1. The van der Waals surface area contributed by atoms with Gasteiger partial charge in [-0.1, -0.05) is 32.0 Å². The lowest BCUT2D eigenvalue weighted by Gasteiger charge is -2.36. The van der Waals surface area contributed by atoms with E-state index in [1.54, 1.807) is 7.11 Å². The summed E-state index contributed by atoms with van der Waals surface area (Å²) in [5, 5.41) is 6.91. The van der Waals surface area contributed by atoms with Crippen LogP contribution in [0.5, 0.6) is 0 Å². The Kier molecular flexibility index (Phi) is 8.67. The van der Waals surface area contributed by atoms with Gasteiger partial charge in [-0.3, -0.25) is 9.59 Å². The quantitative estimate of drug-likeness (QED) is 0.436. The van der Waals surface area contributed by atoms with Gasteiger partial charge in [-0.05, 0) is 43.2 Å². The van der Waals surface area contributed by atoms with E-state index in [9.17, 15) is 9.59 Å². The molecule has 1 saturated heterocycles. The average Bonchev–Trinajstić information content (AvgIpc) is 3.65. The molecule has 1 aromatic carbocycles. The van der Waals surface area contributed by atoms with Crippen molar-refractivity contribution in [3.63, 3.8) is 0 Å². The lowest BCUT2D eigenvalue weighted by molar-refractivity contribution is -0.143. The number of para-hydroxylation sites is 1. The molecule has 2 aliphatic rings. The molecule has 2 atom stereocenters. The number of benzene rings is 1. The summed E-state index contributed by atoms with van der Waals surface area (Å²) in [6, 6.07) is 8.45. The number of carbonyl (C=O) groups is 2. The standard InChI is InChI=1S/C28H41FN4O3/c1-20(2)11-12-31-27(35)28(29)15-21(16-30-19-28)26(34)33(23-9-10-23)18-22-17-32(13-6-14-36-3)25-8-5-4-7-24(22)25/h4-5,7-8,17,20-21,23,30H,6,9-16,18-19H2,1-3H3,(H,31,35)/t21-,28+/m1/s1. The topological polar surface area (TPSA) is 75.6 Å². The Balaban J connectivity index is 1.47. The highest BCUT2D eigenvalue weighted by atomic mass is 19.1. The van der Waals surface area contributed by atoms with E-state index in [-0.39, 0.29) is 24.9 Å². The molecule has 1 aliphatic heterocycles. The summed E-state index contributed by atoms with van der Waals surface area (Å²) >= 11 is 0. The lowest BCUT2D eigenvalue weighted by atomic mass is 9.86. The summed E-state index contributed by atoms with van der Waals surface area (Å²) < 4.78 is 23.2.